The minimum Gasteiger partial charge on any atom is -0.337 e. The van der Waals surface area contributed by atoms with E-state index in [1.807, 2.05) is 11.1 Å². The zero-order valence-corrected chi connectivity index (χ0v) is 12.3. The maximum Gasteiger partial charge on any atom is 0.325 e. The van der Waals surface area contributed by atoms with Gasteiger partial charge in [0.25, 0.3) is 15.6 Å². The van der Waals surface area contributed by atoms with Crippen molar-refractivity contribution in [3.63, 3.8) is 0 Å². The van der Waals surface area contributed by atoms with E-state index in [1.165, 1.54) is 6.07 Å². The van der Waals surface area contributed by atoms with Crippen LogP contribution in [0.5, 0.6) is 0 Å². The zero-order chi connectivity index (χ0) is 16.4. The first-order chi connectivity index (χ1) is 11.0. The number of nitrogens with one attached hydrogen (secondary N) is 3. The van der Waals surface area contributed by atoms with Gasteiger partial charge < -0.3 is 9.51 Å². The van der Waals surface area contributed by atoms with Crippen LogP contribution in [-0.4, -0.2) is 23.5 Å². The molecule has 3 rings (SSSR count). The molecule has 3 N–H and O–H groups in total. The van der Waals surface area contributed by atoms with Crippen LogP contribution in [0.1, 0.15) is 0 Å². The van der Waals surface area contributed by atoms with E-state index >= 15 is 0 Å². The SMILES string of the molecule is O=c1[nH]cc(S(=O)(=O)Nc2cc(-c3ccccc3)no2)c(=O)[nH]1. The summed E-state index contributed by atoms with van der Waals surface area (Å²) in [5.74, 6) is -0.158. The Morgan fingerprint density at radius 1 is 1.13 bits per heavy atom. The summed E-state index contributed by atoms with van der Waals surface area (Å²) >= 11 is 0. The second-order valence-electron chi connectivity index (χ2n) is 4.48. The van der Waals surface area contributed by atoms with Gasteiger partial charge >= 0.3 is 5.69 Å². The highest BCUT2D eigenvalue weighted by molar-refractivity contribution is 7.92. The molecule has 2 aromatic heterocycles. The van der Waals surface area contributed by atoms with Gasteiger partial charge in [0.15, 0.2) is 4.90 Å². The smallest absolute Gasteiger partial charge is 0.325 e. The normalized spacial score (nSPS) is 11.3. The number of benzene rings is 1. The molecule has 0 aliphatic rings. The molecule has 0 aliphatic carbocycles. The summed E-state index contributed by atoms with van der Waals surface area (Å²) in [5, 5.41) is 3.76. The van der Waals surface area contributed by atoms with Crippen LogP contribution in [0.2, 0.25) is 0 Å². The van der Waals surface area contributed by atoms with Crippen molar-refractivity contribution in [2.24, 2.45) is 0 Å². The Bertz CT molecular complexity index is 1050. The van der Waals surface area contributed by atoms with E-state index in [4.69, 9.17) is 4.52 Å². The molecule has 2 heterocycles. The van der Waals surface area contributed by atoms with Gasteiger partial charge in [0.2, 0.25) is 5.88 Å². The number of hydrogen-bond acceptors (Lipinski definition) is 6. The Balaban J connectivity index is 1.91. The van der Waals surface area contributed by atoms with Crippen LogP contribution >= 0.6 is 0 Å². The topological polar surface area (TPSA) is 138 Å². The monoisotopic (exact) mass is 334 g/mol. The molecule has 0 atom stereocenters. The molecule has 0 unspecified atom stereocenters. The molecular weight excluding hydrogens is 324 g/mol. The summed E-state index contributed by atoms with van der Waals surface area (Å²) in [6, 6.07) is 10.4. The first-order valence-corrected chi connectivity index (χ1v) is 7.81. The third-order valence-electron chi connectivity index (χ3n) is 2.89. The molecule has 0 aliphatic heterocycles. The van der Waals surface area contributed by atoms with Gasteiger partial charge in [-0.1, -0.05) is 35.5 Å². The molecule has 1 aromatic carbocycles. The minimum absolute atomic E-state index is 0.158. The molecular formula is C13H10N4O5S. The lowest BCUT2D eigenvalue weighted by atomic mass is 10.2. The molecule has 9 nitrogen and oxygen atoms in total. The number of H-pyrrole nitrogens is 2. The Kier molecular flexibility index (Phi) is 3.58. The van der Waals surface area contributed by atoms with Gasteiger partial charge in [-0.15, -0.1) is 0 Å². The number of sulfonamides is 1. The molecule has 118 valence electrons. The maximum absolute atomic E-state index is 12.1. The van der Waals surface area contributed by atoms with Crippen molar-refractivity contribution in [1.82, 2.24) is 15.1 Å². The Morgan fingerprint density at radius 2 is 1.87 bits per heavy atom. The fraction of sp³-hybridized carbons (Fsp3) is 0. The summed E-state index contributed by atoms with van der Waals surface area (Å²) in [7, 11) is -4.23. The van der Waals surface area contributed by atoms with Gasteiger partial charge in [0.1, 0.15) is 5.69 Å². The van der Waals surface area contributed by atoms with E-state index in [0.717, 1.165) is 11.8 Å². The molecule has 10 heteroatoms. The molecule has 3 aromatic rings. The lowest BCUT2D eigenvalue weighted by Crippen LogP contribution is -2.29. The summed E-state index contributed by atoms with van der Waals surface area (Å²) in [4.78, 5) is 25.8. The predicted octanol–water partition coefficient (Wildman–Crippen LogP) is 0.519. The minimum atomic E-state index is -4.23. The third kappa shape index (κ3) is 3.06. The molecule has 0 bridgehead atoms. The van der Waals surface area contributed by atoms with E-state index in [-0.39, 0.29) is 5.88 Å². The van der Waals surface area contributed by atoms with E-state index < -0.39 is 26.2 Å². The summed E-state index contributed by atoms with van der Waals surface area (Å²) < 4.78 is 31.3. The van der Waals surface area contributed by atoms with Crippen molar-refractivity contribution in [2.75, 3.05) is 4.72 Å². The van der Waals surface area contributed by atoms with Crippen LogP contribution in [0, 0.1) is 0 Å². The van der Waals surface area contributed by atoms with Crippen molar-refractivity contribution in [3.8, 4) is 11.3 Å². The highest BCUT2D eigenvalue weighted by Crippen LogP contribution is 2.22. The number of aromatic amines is 2. The predicted molar refractivity (Wildman–Crippen MR) is 80.4 cm³/mol. The molecule has 0 saturated heterocycles. The number of rotatable bonds is 4. The van der Waals surface area contributed by atoms with Gasteiger partial charge in [0.05, 0.1) is 0 Å². The van der Waals surface area contributed by atoms with Crippen molar-refractivity contribution in [3.05, 3.63) is 63.4 Å². The number of hydrogen-bond donors (Lipinski definition) is 3. The fourth-order valence-corrected chi connectivity index (χ4v) is 2.83. The maximum atomic E-state index is 12.1. The van der Waals surface area contributed by atoms with Crippen LogP contribution in [0.25, 0.3) is 11.3 Å². The van der Waals surface area contributed by atoms with Gasteiger partial charge in [-0.05, 0) is 0 Å². The molecule has 0 spiro atoms. The number of anilines is 1. The lowest BCUT2D eigenvalue weighted by Gasteiger charge is -2.02. The van der Waals surface area contributed by atoms with Crippen LogP contribution in [0.4, 0.5) is 5.88 Å². The van der Waals surface area contributed by atoms with Crippen LogP contribution in [0.3, 0.4) is 0 Å². The van der Waals surface area contributed by atoms with Crippen LogP contribution < -0.4 is 16.0 Å². The summed E-state index contributed by atoms with van der Waals surface area (Å²) in [5.41, 5.74) is -0.675. The zero-order valence-electron chi connectivity index (χ0n) is 11.4. The quantitative estimate of drug-likeness (QED) is 0.636. The van der Waals surface area contributed by atoms with Crippen molar-refractivity contribution in [2.45, 2.75) is 4.90 Å². The van der Waals surface area contributed by atoms with Crippen LogP contribution in [0.15, 0.2) is 61.6 Å². The van der Waals surface area contributed by atoms with Crippen LogP contribution in [-0.2, 0) is 10.0 Å². The van der Waals surface area contributed by atoms with E-state index in [2.05, 4.69) is 14.9 Å². The third-order valence-corrected chi connectivity index (χ3v) is 4.24. The standard InChI is InChI=1S/C13H10N4O5S/c18-12-10(7-14-13(19)15-12)23(20,21)17-11-6-9(16-22-11)8-4-2-1-3-5-8/h1-7,17H,(H2,14,15,18,19). The number of aromatic nitrogens is 3. The van der Waals surface area contributed by atoms with Gasteiger partial charge in [-0.3, -0.25) is 9.78 Å². The summed E-state index contributed by atoms with van der Waals surface area (Å²) in [6.07, 6.45) is 0.804. The highest BCUT2D eigenvalue weighted by Gasteiger charge is 2.21. The first kappa shape index (κ1) is 14.8. The molecule has 0 fully saturated rings. The second kappa shape index (κ2) is 5.57. The molecule has 0 radical (unpaired) electrons. The van der Waals surface area contributed by atoms with Crippen molar-refractivity contribution >= 4 is 15.9 Å². The van der Waals surface area contributed by atoms with E-state index in [0.29, 0.717) is 5.69 Å². The van der Waals surface area contributed by atoms with Gasteiger partial charge in [-0.2, -0.15) is 0 Å². The Labute approximate surface area is 129 Å². The van der Waals surface area contributed by atoms with E-state index in [9.17, 15) is 18.0 Å². The first-order valence-electron chi connectivity index (χ1n) is 6.33. The number of nitrogens with zero attached hydrogens (tertiary/aromatic N) is 1. The van der Waals surface area contributed by atoms with Crippen molar-refractivity contribution in [1.29, 1.82) is 0 Å². The molecule has 0 amide bonds. The van der Waals surface area contributed by atoms with Gasteiger partial charge in [0, 0.05) is 17.8 Å². The lowest BCUT2D eigenvalue weighted by molar-refractivity contribution is 0.438. The Hall–Kier alpha value is -3.14. The van der Waals surface area contributed by atoms with Gasteiger partial charge in [-0.25, -0.2) is 17.9 Å². The highest BCUT2D eigenvalue weighted by atomic mass is 32.2. The second-order valence-corrected chi connectivity index (χ2v) is 6.13. The van der Waals surface area contributed by atoms with E-state index in [1.54, 1.807) is 24.3 Å². The summed E-state index contributed by atoms with van der Waals surface area (Å²) in [6.45, 7) is 0. The average Bonchev–Trinajstić information content (AvgIpc) is 2.95. The van der Waals surface area contributed by atoms with Crippen molar-refractivity contribution < 1.29 is 12.9 Å². The largest absolute Gasteiger partial charge is 0.337 e. The molecule has 23 heavy (non-hydrogen) atoms. The average molecular weight is 334 g/mol. The Morgan fingerprint density at radius 3 is 2.57 bits per heavy atom. The molecule has 0 saturated carbocycles. The fourth-order valence-electron chi connectivity index (χ4n) is 1.85.